The standard InChI is InChI=1S/C15H20FNO/c1-11-6-3-4-9-14(11)17(2)15-12(10-18)7-5-8-13(15)16/h5,7-8,10-11,14H,3-4,6,9H2,1-2H3. The van der Waals surface area contributed by atoms with Crippen molar-refractivity contribution in [2.75, 3.05) is 11.9 Å². The van der Waals surface area contributed by atoms with Crippen molar-refractivity contribution < 1.29 is 9.18 Å². The topological polar surface area (TPSA) is 20.3 Å². The van der Waals surface area contributed by atoms with Gasteiger partial charge >= 0.3 is 0 Å². The molecule has 0 radical (unpaired) electrons. The Balaban J connectivity index is 2.32. The molecule has 1 aromatic carbocycles. The Labute approximate surface area is 108 Å². The van der Waals surface area contributed by atoms with Crippen LogP contribution in [0.4, 0.5) is 10.1 Å². The number of benzene rings is 1. The minimum atomic E-state index is -0.306. The molecule has 2 nitrogen and oxygen atoms in total. The number of hydrogen-bond acceptors (Lipinski definition) is 2. The van der Waals surface area contributed by atoms with E-state index in [-0.39, 0.29) is 5.82 Å². The third-order valence-corrected chi connectivity index (χ3v) is 4.06. The summed E-state index contributed by atoms with van der Waals surface area (Å²) in [7, 11) is 1.90. The lowest BCUT2D eigenvalue weighted by Gasteiger charge is -2.38. The molecule has 1 aromatic rings. The Bertz CT molecular complexity index is 433. The van der Waals surface area contributed by atoms with Crippen LogP contribution in [0.5, 0.6) is 0 Å². The molecule has 0 saturated heterocycles. The van der Waals surface area contributed by atoms with Crippen molar-refractivity contribution in [2.24, 2.45) is 5.92 Å². The van der Waals surface area contributed by atoms with Crippen molar-refractivity contribution in [3.05, 3.63) is 29.6 Å². The average Bonchev–Trinajstić information content (AvgIpc) is 2.38. The zero-order valence-electron chi connectivity index (χ0n) is 11.0. The lowest BCUT2D eigenvalue weighted by molar-refractivity contribution is 0.112. The quantitative estimate of drug-likeness (QED) is 0.762. The Hall–Kier alpha value is -1.38. The van der Waals surface area contributed by atoms with Crippen LogP contribution in [0.15, 0.2) is 18.2 Å². The molecule has 0 spiro atoms. The number of para-hydroxylation sites is 1. The molecule has 18 heavy (non-hydrogen) atoms. The zero-order valence-corrected chi connectivity index (χ0v) is 11.0. The number of hydrogen-bond donors (Lipinski definition) is 0. The van der Waals surface area contributed by atoms with E-state index >= 15 is 0 Å². The van der Waals surface area contributed by atoms with Crippen LogP contribution in [-0.4, -0.2) is 19.4 Å². The van der Waals surface area contributed by atoms with Crippen molar-refractivity contribution in [1.82, 2.24) is 0 Å². The van der Waals surface area contributed by atoms with Crippen LogP contribution < -0.4 is 4.90 Å². The highest BCUT2D eigenvalue weighted by Gasteiger charge is 2.27. The maximum Gasteiger partial charge on any atom is 0.152 e. The second-order valence-electron chi connectivity index (χ2n) is 5.24. The number of carbonyl (C=O) groups is 1. The molecular weight excluding hydrogens is 229 g/mol. The summed E-state index contributed by atoms with van der Waals surface area (Å²) in [5.41, 5.74) is 0.890. The largest absolute Gasteiger partial charge is 0.368 e. The van der Waals surface area contributed by atoms with E-state index in [9.17, 15) is 9.18 Å². The van der Waals surface area contributed by atoms with Gasteiger partial charge in [0.25, 0.3) is 0 Å². The molecule has 1 fully saturated rings. The Morgan fingerprint density at radius 3 is 2.72 bits per heavy atom. The second kappa shape index (κ2) is 5.51. The van der Waals surface area contributed by atoms with E-state index in [1.54, 1.807) is 12.1 Å². The molecule has 0 bridgehead atoms. The van der Waals surface area contributed by atoms with Crippen LogP contribution in [0, 0.1) is 11.7 Å². The molecule has 98 valence electrons. The molecule has 0 heterocycles. The molecule has 0 aromatic heterocycles. The van der Waals surface area contributed by atoms with Gasteiger partial charge in [-0.15, -0.1) is 0 Å². The van der Waals surface area contributed by atoms with Crippen molar-refractivity contribution in [1.29, 1.82) is 0 Å². The van der Waals surface area contributed by atoms with Gasteiger partial charge in [-0.25, -0.2) is 4.39 Å². The van der Waals surface area contributed by atoms with Gasteiger partial charge in [0.2, 0.25) is 0 Å². The minimum Gasteiger partial charge on any atom is -0.368 e. The van der Waals surface area contributed by atoms with Gasteiger partial charge in [-0.2, -0.15) is 0 Å². The van der Waals surface area contributed by atoms with E-state index in [4.69, 9.17) is 0 Å². The lowest BCUT2D eigenvalue weighted by atomic mass is 9.84. The molecular formula is C15H20FNO. The summed E-state index contributed by atoms with van der Waals surface area (Å²) in [6.45, 7) is 2.21. The van der Waals surface area contributed by atoms with Gasteiger partial charge in [0.05, 0.1) is 5.69 Å². The fraction of sp³-hybridized carbons (Fsp3) is 0.533. The molecule has 2 rings (SSSR count). The molecule has 2 atom stereocenters. The molecule has 3 heteroatoms. The molecule has 0 aliphatic heterocycles. The molecule has 1 aliphatic carbocycles. The maximum absolute atomic E-state index is 14.0. The van der Waals surface area contributed by atoms with E-state index < -0.39 is 0 Å². The van der Waals surface area contributed by atoms with Crippen LogP contribution >= 0.6 is 0 Å². The van der Waals surface area contributed by atoms with Crippen LogP contribution in [0.3, 0.4) is 0 Å². The molecule has 1 saturated carbocycles. The number of carbonyl (C=O) groups excluding carboxylic acids is 1. The van der Waals surface area contributed by atoms with Crippen molar-refractivity contribution >= 4 is 12.0 Å². The Morgan fingerprint density at radius 2 is 2.06 bits per heavy atom. The van der Waals surface area contributed by atoms with E-state index in [1.165, 1.54) is 25.3 Å². The second-order valence-corrected chi connectivity index (χ2v) is 5.24. The number of rotatable bonds is 3. The van der Waals surface area contributed by atoms with Gasteiger partial charge in [0, 0.05) is 18.7 Å². The van der Waals surface area contributed by atoms with Crippen LogP contribution in [0.2, 0.25) is 0 Å². The number of halogens is 1. The normalized spacial score (nSPS) is 23.7. The summed E-state index contributed by atoms with van der Waals surface area (Å²) in [6.07, 6.45) is 5.43. The summed E-state index contributed by atoms with van der Waals surface area (Å²) >= 11 is 0. The number of anilines is 1. The van der Waals surface area contributed by atoms with Gasteiger partial charge in [-0.3, -0.25) is 4.79 Å². The fourth-order valence-corrected chi connectivity index (χ4v) is 3.04. The van der Waals surface area contributed by atoms with Gasteiger partial charge in [0.15, 0.2) is 6.29 Å². The van der Waals surface area contributed by atoms with Gasteiger partial charge in [-0.1, -0.05) is 25.8 Å². The first-order chi connectivity index (χ1) is 8.65. The third kappa shape index (κ3) is 2.40. The lowest BCUT2D eigenvalue weighted by Crippen LogP contribution is -2.39. The molecule has 0 amide bonds. The Kier molecular flexibility index (Phi) is 4.00. The predicted octanol–water partition coefficient (Wildman–Crippen LogP) is 3.65. The fourth-order valence-electron chi connectivity index (χ4n) is 3.04. The highest BCUT2D eigenvalue weighted by molar-refractivity contribution is 5.84. The van der Waals surface area contributed by atoms with Gasteiger partial charge < -0.3 is 4.90 Å². The average molecular weight is 249 g/mol. The SMILES string of the molecule is CC1CCCCC1N(C)c1c(F)cccc1C=O. The minimum absolute atomic E-state index is 0.306. The monoisotopic (exact) mass is 249 g/mol. The van der Waals surface area contributed by atoms with Crippen molar-refractivity contribution in [2.45, 2.75) is 38.6 Å². The first kappa shape index (κ1) is 13.1. The van der Waals surface area contributed by atoms with Crippen LogP contribution in [0.25, 0.3) is 0 Å². The maximum atomic E-state index is 14.0. The smallest absolute Gasteiger partial charge is 0.152 e. The van der Waals surface area contributed by atoms with Crippen molar-refractivity contribution in [3.8, 4) is 0 Å². The van der Waals surface area contributed by atoms with E-state index in [0.29, 0.717) is 23.2 Å². The molecule has 2 unspecified atom stereocenters. The molecule has 0 N–H and O–H groups in total. The van der Waals surface area contributed by atoms with E-state index in [2.05, 4.69) is 6.92 Å². The predicted molar refractivity (Wildman–Crippen MR) is 71.6 cm³/mol. The summed E-state index contributed by atoms with van der Waals surface area (Å²) in [5, 5.41) is 0. The number of aldehydes is 1. The third-order valence-electron chi connectivity index (χ3n) is 4.06. The summed E-state index contributed by atoms with van der Waals surface area (Å²) in [4.78, 5) is 13.0. The van der Waals surface area contributed by atoms with Gasteiger partial charge in [-0.05, 0) is 30.9 Å². The summed E-state index contributed by atoms with van der Waals surface area (Å²) in [6, 6.07) is 5.01. The van der Waals surface area contributed by atoms with Gasteiger partial charge in [0.1, 0.15) is 5.82 Å². The van der Waals surface area contributed by atoms with E-state index in [0.717, 1.165) is 12.7 Å². The van der Waals surface area contributed by atoms with Crippen molar-refractivity contribution in [3.63, 3.8) is 0 Å². The summed E-state index contributed by atoms with van der Waals surface area (Å²) < 4.78 is 14.0. The zero-order chi connectivity index (χ0) is 13.1. The highest BCUT2D eigenvalue weighted by atomic mass is 19.1. The van der Waals surface area contributed by atoms with Crippen LogP contribution in [-0.2, 0) is 0 Å². The first-order valence-electron chi connectivity index (χ1n) is 6.61. The number of nitrogens with zero attached hydrogens (tertiary/aromatic N) is 1. The highest BCUT2D eigenvalue weighted by Crippen LogP contribution is 2.32. The first-order valence-corrected chi connectivity index (χ1v) is 6.61. The molecule has 1 aliphatic rings. The Morgan fingerprint density at radius 1 is 1.33 bits per heavy atom. The summed E-state index contributed by atoms with van der Waals surface area (Å²) in [5.74, 6) is 0.239. The van der Waals surface area contributed by atoms with Crippen LogP contribution in [0.1, 0.15) is 43.0 Å². The van der Waals surface area contributed by atoms with E-state index in [1.807, 2.05) is 11.9 Å².